The highest BCUT2D eigenvalue weighted by molar-refractivity contribution is 8.00. The van der Waals surface area contributed by atoms with Gasteiger partial charge in [-0.3, -0.25) is 4.79 Å². The van der Waals surface area contributed by atoms with Crippen molar-refractivity contribution in [2.24, 2.45) is 0 Å². The van der Waals surface area contributed by atoms with Gasteiger partial charge in [0, 0.05) is 10.5 Å². The van der Waals surface area contributed by atoms with Gasteiger partial charge in [-0.25, -0.2) is 4.39 Å². The molecule has 24 heavy (non-hydrogen) atoms. The number of hydrogen-bond donors (Lipinski definition) is 0. The van der Waals surface area contributed by atoms with Crippen LogP contribution in [0.1, 0.15) is 21.5 Å². The quantitative estimate of drug-likeness (QED) is 0.368. The molecule has 1 aliphatic rings. The zero-order valence-corrected chi connectivity index (χ0v) is 13.8. The van der Waals surface area contributed by atoms with Crippen molar-refractivity contribution in [2.45, 2.75) is 11.3 Å². The maximum Gasteiger partial charge on any atom is 0.173 e. The summed E-state index contributed by atoms with van der Waals surface area (Å²) in [7, 11) is 0. The molecule has 0 amide bonds. The zero-order valence-electron chi connectivity index (χ0n) is 13.0. The zero-order chi connectivity index (χ0) is 16.5. The lowest BCUT2D eigenvalue weighted by atomic mass is 10.0. The van der Waals surface area contributed by atoms with Gasteiger partial charge in [-0.2, -0.15) is 0 Å². The summed E-state index contributed by atoms with van der Waals surface area (Å²) >= 11 is 1.43. The molecule has 0 bridgehead atoms. The van der Waals surface area contributed by atoms with Gasteiger partial charge in [-0.05, 0) is 59.0 Å². The lowest BCUT2D eigenvalue weighted by Crippen LogP contribution is -2.02. The van der Waals surface area contributed by atoms with Crippen LogP contribution in [0.5, 0.6) is 0 Å². The molecule has 0 fully saturated rings. The van der Waals surface area contributed by atoms with Crippen molar-refractivity contribution in [2.75, 3.05) is 5.75 Å². The van der Waals surface area contributed by atoms with Gasteiger partial charge in [-0.1, -0.05) is 36.4 Å². The Kier molecular flexibility index (Phi) is 3.95. The molecule has 0 saturated heterocycles. The number of fused-ring (bicyclic) bond motifs is 3. The van der Waals surface area contributed by atoms with Gasteiger partial charge in [0.1, 0.15) is 5.82 Å². The minimum absolute atomic E-state index is 0.0940. The van der Waals surface area contributed by atoms with E-state index in [4.69, 9.17) is 0 Å². The fraction of sp³-hybridized carbons (Fsp3) is 0.0952. The van der Waals surface area contributed by atoms with E-state index < -0.39 is 0 Å². The SMILES string of the molecule is O=C(CSc1ccc(F)cc1)c1ccc2c(c1)-c1ccccc1C2. The number of ketones is 1. The largest absolute Gasteiger partial charge is 0.293 e. The van der Waals surface area contributed by atoms with E-state index in [0.29, 0.717) is 5.75 Å². The summed E-state index contributed by atoms with van der Waals surface area (Å²) in [5.41, 5.74) is 5.73. The van der Waals surface area contributed by atoms with Gasteiger partial charge in [0.05, 0.1) is 5.75 Å². The van der Waals surface area contributed by atoms with E-state index in [2.05, 4.69) is 24.3 Å². The molecule has 0 aliphatic heterocycles. The molecule has 0 saturated carbocycles. The number of benzene rings is 3. The molecule has 3 aromatic carbocycles. The molecular formula is C21H15FOS. The monoisotopic (exact) mass is 334 g/mol. The lowest BCUT2D eigenvalue weighted by molar-refractivity contribution is 0.102. The van der Waals surface area contributed by atoms with E-state index in [1.54, 1.807) is 12.1 Å². The smallest absolute Gasteiger partial charge is 0.173 e. The fourth-order valence-electron chi connectivity index (χ4n) is 3.06. The summed E-state index contributed by atoms with van der Waals surface area (Å²) in [6, 6.07) is 20.6. The Morgan fingerprint density at radius 2 is 1.67 bits per heavy atom. The van der Waals surface area contributed by atoms with Gasteiger partial charge < -0.3 is 0 Å². The first-order chi connectivity index (χ1) is 11.7. The topological polar surface area (TPSA) is 17.1 Å². The van der Waals surface area contributed by atoms with Crippen molar-refractivity contribution >= 4 is 17.5 Å². The van der Waals surface area contributed by atoms with Crippen LogP contribution in [-0.2, 0) is 6.42 Å². The average Bonchev–Trinajstić information content (AvgIpc) is 2.99. The van der Waals surface area contributed by atoms with E-state index in [1.807, 2.05) is 18.2 Å². The van der Waals surface area contributed by atoms with Crippen LogP contribution in [0.15, 0.2) is 71.6 Å². The van der Waals surface area contributed by atoms with Gasteiger partial charge in [-0.15, -0.1) is 11.8 Å². The average molecular weight is 334 g/mol. The normalized spacial score (nSPS) is 11.9. The Hall–Kier alpha value is -2.39. The second kappa shape index (κ2) is 6.25. The summed E-state index contributed by atoms with van der Waals surface area (Å²) in [5, 5.41) is 0. The third kappa shape index (κ3) is 2.87. The van der Waals surface area contributed by atoms with Gasteiger partial charge in [0.25, 0.3) is 0 Å². The molecule has 0 heterocycles. The van der Waals surface area contributed by atoms with Crippen LogP contribution >= 0.6 is 11.8 Å². The highest BCUT2D eigenvalue weighted by Crippen LogP contribution is 2.37. The molecule has 3 aromatic rings. The first-order valence-electron chi connectivity index (χ1n) is 7.83. The molecule has 0 spiro atoms. The molecule has 4 rings (SSSR count). The van der Waals surface area contributed by atoms with Crippen molar-refractivity contribution in [1.29, 1.82) is 0 Å². The second-order valence-electron chi connectivity index (χ2n) is 5.87. The highest BCUT2D eigenvalue weighted by atomic mass is 32.2. The van der Waals surface area contributed by atoms with Crippen LogP contribution in [0.2, 0.25) is 0 Å². The van der Waals surface area contributed by atoms with E-state index in [-0.39, 0.29) is 11.6 Å². The van der Waals surface area contributed by atoms with Gasteiger partial charge in [0.15, 0.2) is 5.78 Å². The maximum absolute atomic E-state index is 12.9. The first kappa shape index (κ1) is 15.2. The molecule has 118 valence electrons. The number of thioether (sulfide) groups is 1. The molecule has 1 nitrogen and oxygen atoms in total. The fourth-order valence-corrected chi connectivity index (χ4v) is 3.85. The number of rotatable bonds is 4. The van der Waals surface area contributed by atoms with Crippen molar-refractivity contribution in [3.8, 4) is 11.1 Å². The van der Waals surface area contributed by atoms with Crippen molar-refractivity contribution in [1.82, 2.24) is 0 Å². The summed E-state index contributed by atoms with van der Waals surface area (Å²) in [5.74, 6) is 0.186. The van der Waals surface area contributed by atoms with E-state index in [0.717, 1.165) is 16.9 Å². The summed E-state index contributed by atoms with van der Waals surface area (Å²) in [4.78, 5) is 13.4. The third-order valence-electron chi connectivity index (χ3n) is 4.30. The first-order valence-corrected chi connectivity index (χ1v) is 8.82. The van der Waals surface area contributed by atoms with Crippen molar-refractivity contribution < 1.29 is 9.18 Å². The molecule has 0 unspecified atom stereocenters. The van der Waals surface area contributed by atoms with Crippen molar-refractivity contribution in [3.63, 3.8) is 0 Å². The third-order valence-corrected chi connectivity index (χ3v) is 5.32. The minimum Gasteiger partial charge on any atom is -0.293 e. The lowest BCUT2D eigenvalue weighted by Gasteiger charge is -2.06. The number of hydrogen-bond acceptors (Lipinski definition) is 2. The summed E-state index contributed by atoms with van der Waals surface area (Å²) < 4.78 is 12.9. The molecular weight excluding hydrogens is 319 g/mol. The van der Waals surface area contributed by atoms with Crippen molar-refractivity contribution in [3.05, 3.63) is 89.2 Å². The van der Waals surface area contributed by atoms with Gasteiger partial charge >= 0.3 is 0 Å². The van der Waals surface area contributed by atoms with Crippen LogP contribution in [0.25, 0.3) is 11.1 Å². The molecule has 0 atom stereocenters. The predicted octanol–water partition coefficient (Wildman–Crippen LogP) is 5.37. The Morgan fingerprint density at radius 3 is 2.50 bits per heavy atom. The van der Waals surface area contributed by atoms with E-state index >= 15 is 0 Å². The van der Waals surface area contributed by atoms with Crippen LogP contribution in [0.3, 0.4) is 0 Å². The standard InChI is InChI=1S/C21H15FOS/c22-17-7-9-18(10-8-17)24-13-21(23)16-6-5-15-11-14-3-1-2-4-19(14)20(15)12-16/h1-10,12H,11,13H2. The summed E-state index contributed by atoms with van der Waals surface area (Å²) in [6.07, 6.45) is 0.935. The Labute approximate surface area is 144 Å². The van der Waals surface area contributed by atoms with Crippen LogP contribution < -0.4 is 0 Å². The molecule has 0 aromatic heterocycles. The number of carbonyl (C=O) groups excluding carboxylic acids is 1. The maximum atomic E-state index is 12.9. The molecule has 0 N–H and O–H groups in total. The summed E-state index contributed by atoms with van der Waals surface area (Å²) in [6.45, 7) is 0. The van der Waals surface area contributed by atoms with E-state index in [1.165, 1.54) is 46.1 Å². The number of Topliss-reactive ketones (excluding diaryl/α,β-unsaturated/α-hetero) is 1. The van der Waals surface area contributed by atoms with Crippen LogP contribution in [-0.4, -0.2) is 11.5 Å². The predicted molar refractivity (Wildman–Crippen MR) is 96.1 cm³/mol. The Morgan fingerprint density at radius 1 is 0.917 bits per heavy atom. The highest BCUT2D eigenvalue weighted by Gasteiger charge is 2.19. The number of carbonyl (C=O) groups is 1. The Balaban J connectivity index is 1.53. The van der Waals surface area contributed by atoms with Crippen LogP contribution in [0.4, 0.5) is 4.39 Å². The number of halogens is 1. The Bertz CT molecular complexity index is 915. The molecule has 3 heteroatoms. The second-order valence-corrected chi connectivity index (χ2v) is 6.92. The molecule has 1 aliphatic carbocycles. The molecule has 0 radical (unpaired) electrons. The van der Waals surface area contributed by atoms with Crippen LogP contribution in [0, 0.1) is 5.82 Å². The minimum atomic E-state index is -0.261. The van der Waals surface area contributed by atoms with Gasteiger partial charge in [0.2, 0.25) is 0 Å². The van der Waals surface area contributed by atoms with E-state index in [9.17, 15) is 9.18 Å².